The van der Waals surface area contributed by atoms with Gasteiger partial charge in [0.1, 0.15) is 0 Å². The smallest absolute Gasteiger partial charge is 0.305 e. The maximum absolute atomic E-state index is 11.5. The first-order valence-electron chi connectivity index (χ1n) is 13.4. The minimum Gasteiger partial charge on any atom is -0.465 e. The summed E-state index contributed by atoms with van der Waals surface area (Å²) in [6.07, 6.45) is 22.5. The van der Waals surface area contributed by atoms with Crippen molar-refractivity contribution in [1.82, 2.24) is 0 Å². The van der Waals surface area contributed by atoms with Crippen LogP contribution in [0.1, 0.15) is 130 Å². The molecule has 0 rings (SSSR count). The molecule has 0 aromatic carbocycles. The number of esters is 2. The molecule has 0 radical (unpaired) electrons. The molecule has 0 saturated carbocycles. The molecular formula is C28H52O4. The predicted molar refractivity (Wildman–Crippen MR) is 135 cm³/mol. The Kier molecular flexibility index (Phi) is 21.9. The first-order chi connectivity index (χ1) is 15.4. The van der Waals surface area contributed by atoms with E-state index in [0.29, 0.717) is 37.9 Å². The lowest BCUT2D eigenvalue weighted by Crippen LogP contribution is -2.09. The highest BCUT2D eigenvalue weighted by Gasteiger charge is 2.04. The highest BCUT2D eigenvalue weighted by Crippen LogP contribution is 2.12. The van der Waals surface area contributed by atoms with E-state index in [1.807, 2.05) is 0 Å². The Morgan fingerprint density at radius 1 is 0.531 bits per heavy atom. The monoisotopic (exact) mass is 452 g/mol. The number of ether oxygens (including phenoxy) is 2. The summed E-state index contributed by atoms with van der Waals surface area (Å²) in [5.41, 5.74) is 0. The van der Waals surface area contributed by atoms with Crippen LogP contribution in [0.2, 0.25) is 0 Å². The molecule has 0 atom stereocenters. The summed E-state index contributed by atoms with van der Waals surface area (Å²) in [6.45, 7) is 9.32. The first-order valence-corrected chi connectivity index (χ1v) is 13.4. The number of hydrogen-bond donors (Lipinski definition) is 0. The van der Waals surface area contributed by atoms with Crippen LogP contribution in [0.5, 0.6) is 0 Å². The molecule has 0 spiro atoms. The molecule has 0 aromatic rings. The zero-order valence-corrected chi connectivity index (χ0v) is 21.7. The normalized spacial score (nSPS) is 11.6. The second kappa shape index (κ2) is 22.9. The van der Waals surface area contributed by atoms with E-state index in [1.165, 1.54) is 51.4 Å². The topological polar surface area (TPSA) is 52.6 Å². The van der Waals surface area contributed by atoms with Gasteiger partial charge in [0, 0.05) is 12.8 Å². The van der Waals surface area contributed by atoms with Crippen LogP contribution < -0.4 is 0 Å². The van der Waals surface area contributed by atoms with E-state index in [0.717, 1.165) is 38.5 Å². The summed E-state index contributed by atoms with van der Waals surface area (Å²) in [7, 11) is 0. The van der Waals surface area contributed by atoms with Gasteiger partial charge in [0.25, 0.3) is 0 Å². The number of allylic oxidation sites excluding steroid dienone is 2. The average molecular weight is 453 g/mol. The summed E-state index contributed by atoms with van der Waals surface area (Å²) < 4.78 is 10.4. The van der Waals surface area contributed by atoms with E-state index < -0.39 is 0 Å². The van der Waals surface area contributed by atoms with Crippen LogP contribution in [0.25, 0.3) is 0 Å². The Balaban J connectivity index is 3.25. The van der Waals surface area contributed by atoms with Gasteiger partial charge >= 0.3 is 11.9 Å². The van der Waals surface area contributed by atoms with Crippen LogP contribution in [-0.4, -0.2) is 25.2 Å². The van der Waals surface area contributed by atoms with Gasteiger partial charge in [-0.2, -0.15) is 0 Å². The van der Waals surface area contributed by atoms with E-state index in [2.05, 4.69) is 39.8 Å². The van der Waals surface area contributed by atoms with Gasteiger partial charge in [-0.3, -0.25) is 9.59 Å². The Morgan fingerprint density at radius 3 is 1.22 bits per heavy atom. The lowest BCUT2D eigenvalue weighted by atomic mass is 10.1. The van der Waals surface area contributed by atoms with Crippen LogP contribution in [0, 0.1) is 11.8 Å². The molecular weight excluding hydrogens is 400 g/mol. The van der Waals surface area contributed by atoms with Gasteiger partial charge in [-0.05, 0) is 50.4 Å². The van der Waals surface area contributed by atoms with E-state index in [-0.39, 0.29) is 11.9 Å². The van der Waals surface area contributed by atoms with Crippen LogP contribution in [-0.2, 0) is 19.1 Å². The van der Waals surface area contributed by atoms with Crippen LogP contribution in [0.15, 0.2) is 12.2 Å². The van der Waals surface area contributed by atoms with Crippen molar-refractivity contribution >= 4 is 11.9 Å². The Labute approximate surface area is 198 Å². The molecule has 0 fully saturated rings. The van der Waals surface area contributed by atoms with E-state index in [4.69, 9.17) is 9.47 Å². The first kappa shape index (κ1) is 30.7. The minimum atomic E-state index is -0.0478. The van der Waals surface area contributed by atoms with E-state index in [1.54, 1.807) is 0 Å². The number of carbonyl (C=O) groups is 2. The number of hydrogen-bond acceptors (Lipinski definition) is 4. The van der Waals surface area contributed by atoms with Crippen LogP contribution in [0.3, 0.4) is 0 Å². The Hall–Kier alpha value is -1.32. The molecule has 0 N–H and O–H groups in total. The highest BCUT2D eigenvalue weighted by atomic mass is 16.5. The van der Waals surface area contributed by atoms with Gasteiger partial charge < -0.3 is 9.47 Å². The van der Waals surface area contributed by atoms with Gasteiger partial charge in [0.2, 0.25) is 0 Å². The van der Waals surface area contributed by atoms with Gasteiger partial charge in [-0.1, -0.05) is 91.2 Å². The lowest BCUT2D eigenvalue weighted by Gasteiger charge is -2.06. The molecule has 0 amide bonds. The van der Waals surface area contributed by atoms with Crippen molar-refractivity contribution in [3.05, 3.63) is 12.2 Å². The average Bonchev–Trinajstić information content (AvgIpc) is 2.75. The van der Waals surface area contributed by atoms with Crippen molar-refractivity contribution in [2.45, 2.75) is 130 Å². The predicted octanol–water partition coefficient (Wildman–Crippen LogP) is 8.18. The largest absolute Gasteiger partial charge is 0.465 e. The third-order valence-corrected chi connectivity index (χ3v) is 5.33. The molecule has 0 unspecified atom stereocenters. The van der Waals surface area contributed by atoms with Crippen LogP contribution in [0.4, 0.5) is 0 Å². The fraction of sp³-hybridized carbons (Fsp3) is 0.857. The van der Waals surface area contributed by atoms with E-state index in [9.17, 15) is 9.59 Å². The van der Waals surface area contributed by atoms with Crippen molar-refractivity contribution in [3.8, 4) is 0 Å². The van der Waals surface area contributed by atoms with Crippen molar-refractivity contribution in [2.24, 2.45) is 11.8 Å². The molecule has 0 aromatic heterocycles. The molecule has 32 heavy (non-hydrogen) atoms. The summed E-state index contributed by atoms with van der Waals surface area (Å²) in [5, 5.41) is 0. The zero-order chi connectivity index (χ0) is 23.9. The SMILES string of the molecule is CC(C)COC(=O)CCCCC/C=C/CCCCCCCCCCCC(=O)OCC(C)C. The fourth-order valence-electron chi connectivity index (χ4n) is 3.38. The Morgan fingerprint density at radius 2 is 0.844 bits per heavy atom. The summed E-state index contributed by atoms with van der Waals surface area (Å²) in [5.74, 6) is 0.753. The van der Waals surface area contributed by atoms with Crippen molar-refractivity contribution in [1.29, 1.82) is 0 Å². The summed E-state index contributed by atoms with van der Waals surface area (Å²) >= 11 is 0. The minimum absolute atomic E-state index is 0.0353. The molecule has 0 saturated heterocycles. The second-order valence-corrected chi connectivity index (χ2v) is 9.95. The standard InChI is InChI=1S/C28H52O4/c1-25(2)23-31-27(29)21-19-17-15-13-11-9-7-5-6-8-10-12-14-16-18-20-22-28(30)32-24-26(3)4/h9,11,25-26H,5-8,10,12-24H2,1-4H3/b11-9+. The molecule has 0 aliphatic heterocycles. The molecule has 0 heterocycles. The third kappa shape index (κ3) is 24.9. The van der Waals surface area contributed by atoms with Gasteiger partial charge in [0.15, 0.2) is 0 Å². The van der Waals surface area contributed by atoms with Crippen molar-refractivity contribution in [3.63, 3.8) is 0 Å². The molecule has 188 valence electrons. The van der Waals surface area contributed by atoms with Crippen molar-refractivity contribution < 1.29 is 19.1 Å². The summed E-state index contributed by atoms with van der Waals surface area (Å²) in [6, 6.07) is 0. The number of carbonyl (C=O) groups excluding carboxylic acids is 2. The molecule has 4 nitrogen and oxygen atoms in total. The third-order valence-electron chi connectivity index (χ3n) is 5.33. The quantitative estimate of drug-likeness (QED) is 0.0943. The lowest BCUT2D eigenvalue weighted by molar-refractivity contribution is -0.145. The maximum atomic E-state index is 11.5. The molecule has 0 aliphatic rings. The fourth-order valence-corrected chi connectivity index (χ4v) is 3.38. The molecule has 0 aliphatic carbocycles. The van der Waals surface area contributed by atoms with Gasteiger partial charge in [0.05, 0.1) is 13.2 Å². The zero-order valence-electron chi connectivity index (χ0n) is 21.7. The van der Waals surface area contributed by atoms with Crippen LogP contribution >= 0.6 is 0 Å². The molecule has 4 heteroatoms. The van der Waals surface area contributed by atoms with Gasteiger partial charge in [-0.25, -0.2) is 0 Å². The molecule has 0 bridgehead atoms. The second-order valence-electron chi connectivity index (χ2n) is 9.95. The number of rotatable bonds is 22. The van der Waals surface area contributed by atoms with Crippen molar-refractivity contribution in [2.75, 3.05) is 13.2 Å². The maximum Gasteiger partial charge on any atom is 0.305 e. The Bertz CT molecular complexity index is 468. The highest BCUT2D eigenvalue weighted by molar-refractivity contribution is 5.69. The summed E-state index contributed by atoms with van der Waals surface area (Å²) in [4.78, 5) is 23.0. The number of unbranched alkanes of at least 4 members (excludes halogenated alkanes) is 12. The van der Waals surface area contributed by atoms with Gasteiger partial charge in [-0.15, -0.1) is 0 Å². The van der Waals surface area contributed by atoms with E-state index >= 15 is 0 Å².